The molecule has 1 amide bonds. The summed E-state index contributed by atoms with van der Waals surface area (Å²) < 4.78 is 1.95. The molecule has 6 nitrogen and oxygen atoms in total. The fraction of sp³-hybridized carbons (Fsp3) is 0.286. The van der Waals surface area contributed by atoms with Crippen molar-refractivity contribution in [2.45, 2.75) is 19.5 Å². The van der Waals surface area contributed by atoms with E-state index in [1.54, 1.807) is 0 Å². The lowest BCUT2D eigenvalue weighted by atomic mass is 10.1. The SMILES string of the molecule is CC(CNC(=O)Cn1c2ccccc2c(=O)c2ccccc21)N1CCN(c2ccccc2)CC1. The number of nitrogens with one attached hydrogen (secondary N) is 1. The Morgan fingerprint density at radius 3 is 2.00 bits per heavy atom. The van der Waals surface area contributed by atoms with Crippen molar-refractivity contribution in [1.82, 2.24) is 14.8 Å². The van der Waals surface area contributed by atoms with Crippen molar-refractivity contribution in [3.8, 4) is 0 Å². The highest BCUT2D eigenvalue weighted by molar-refractivity contribution is 5.94. The van der Waals surface area contributed by atoms with E-state index >= 15 is 0 Å². The van der Waals surface area contributed by atoms with Crippen LogP contribution >= 0.6 is 0 Å². The fourth-order valence-corrected chi connectivity index (χ4v) is 4.90. The summed E-state index contributed by atoms with van der Waals surface area (Å²) in [5.41, 5.74) is 2.84. The third kappa shape index (κ3) is 4.41. The topological polar surface area (TPSA) is 57.6 Å². The predicted octanol–water partition coefficient (Wildman–Crippen LogP) is 3.48. The first-order chi connectivity index (χ1) is 16.6. The molecule has 1 unspecified atom stereocenters. The van der Waals surface area contributed by atoms with Gasteiger partial charge in [0.05, 0.1) is 11.0 Å². The van der Waals surface area contributed by atoms with Gasteiger partial charge in [0.2, 0.25) is 5.91 Å². The number of fused-ring (bicyclic) bond motifs is 2. The van der Waals surface area contributed by atoms with Gasteiger partial charge in [-0.15, -0.1) is 0 Å². The molecule has 34 heavy (non-hydrogen) atoms. The van der Waals surface area contributed by atoms with Crippen molar-refractivity contribution in [2.75, 3.05) is 37.6 Å². The molecule has 0 saturated carbocycles. The third-order valence-electron chi connectivity index (χ3n) is 6.83. The number of piperazine rings is 1. The summed E-state index contributed by atoms with van der Waals surface area (Å²) in [5, 5.41) is 4.40. The summed E-state index contributed by atoms with van der Waals surface area (Å²) in [6, 6.07) is 25.8. The van der Waals surface area contributed by atoms with Gasteiger partial charge in [-0.1, -0.05) is 42.5 Å². The standard InChI is InChI=1S/C28H30N4O2/c1-21(30-15-17-31(18-16-30)22-9-3-2-4-10-22)19-29-27(33)20-32-25-13-7-5-11-23(25)28(34)24-12-6-8-14-26(24)32/h2-14,21H,15-20H2,1H3,(H,29,33). The minimum absolute atomic E-state index is 0.00567. The van der Waals surface area contributed by atoms with Crippen molar-refractivity contribution in [3.63, 3.8) is 0 Å². The van der Waals surface area contributed by atoms with E-state index in [9.17, 15) is 9.59 Å². The minimum Gasteiger partial charge on any atom is -0.369 e. The van der Waals surface area contributed by atoms with Crippen molar-refractivity contribution < 1.29 is 4.79 Å². The average Bonchev–Trinajstić information content (AvgIpc) is 2.90. The quantitative estimate of drug-likeness (QED) is 0.453. The largest absolute Gasteiger partial charge is 0.369 e. The van der Waals surface area contributed by atoms with E-state index in [0.29, 0.717) is 17.3 Å². The normalized spacial score (nSPS) is 15.5. The van der Waals surface area contributed by atoms with Gasteiger partial charge in [0, 0.05) is 55.2 Å². The lowest BCUT2D eigenvalue weighted by Crippen LogP contribution is -2.52. The van der Waals surface area contributed by atoms with E-state index in [4.69, 9.17) is 0 Å². The van der Waals surface area contributed by atoms with Gasteiger partial charge in [0.15, 0.2) is 5.43 Å². The average molecular weight is 455 g/mol. The number of carbonyl (C=O) groups excluding carboxylic acids is 1. The van der Waals surface area contributed by atoms with Gasteiger partial charge in [-0.2, -0.15) is 0 Å². The maximum Gasteiger partial charge on any atom is 0.240 e. The highest BCUT2D eigenvalue weighted by Gasteiger charge is 2.22. The number of nitrogens with zero attached hydrogens (tertiary/aromatic N) is 3. The summed E-state index contributed by atoms with van der Waals surface area (Å²) in [4.78, 5) is 30.7. The fourth-order valence-electron chi connectivity index (χ4n) is 4.90. The number of benzene rings is 3. The van der Waals surface area contributed by atoms with Gasteiger partial charge in [-0.25, -0.2) is 0 Å². The molecule has 5 rings (SSSR count). The first-order valence-corrected chi connectivity index (χ1v) is 11.9. The van der Waals surface area contributed by atoms with E-state index in [1.165, 1.54) is 5.69 Å². The number of pyridine rings is 1. The Hall–Kier alpha value is -3.64. The number of hydrogen-bond donors (Lipinski definition) is 1. The van der Waals surface area contributed by atoms with Gasteiger partial charge in [-0.3, -0.25) is 14.5 Å². The summed E-state index contributed by atoms with van der Waals surface area (Å²) in [6.07, 6.45) is 0. The first kappa shape index (κ1) is 22.2. The number of aromatic nitrogens is 1. The zero-order valence-corrected chi connectivity index (χ0v) is 19.5. The van der Waals surface area contributed by atoms with Crippen LogP contribution in [0.3, 0.4) is 0 Å². The number of hydrogen-bond acceptors (Lipinski definition) is 4. The van der Waals surface area contributed by atoms with Crippen LogP contribution in [-0.4, -0.2) is 54.1 Å². The smallest absolute Gasteiger partial charge is 0.240 e. The third-order valence-corrected chi connectivity index (χ3v) is 6.83. The molecule has 3 aromatic carbocycles. The summed E-state index contributed by atoms with van der Waals surface area (Å²) in [7, 11) is 0. The van der Waals surface area contributed by atoms with Crippen LogP contribution in [0.15, 0.2) is 83.7 Å². The molecule has 0 radical (unpaired) electrons. The van der Waals surface area contributed by atoms with Crippen LogP contribution < -0.4 is 15.6 Å². The van der Waals surface area contributed by atoms with E-state index in [1.807, 2.05) is 59.2 Å². The van der Waals surface area contributed by atoms with Gasteiger partial charge in [0.1, 0.15) is 6.54 Å². The highest BCUT2D eigenvalue weighted by atomic mass is 16.2. The van der Waals surface area contributed by atoms with E-state index in [0.717, 1.165) is 37.2 Å². The molecule has 4 aromatic rings. The molecule has 6 heteroatoms. The van der Waals surface area contributed by atoms with Crippen LogP contribution in [0.2, 0.25) is 0 Å². The lowest BCUT2D eigenvalue weighted by molar-refractivity contribution is -0.121. The Morgan fingerprint density at radius 1 is 0.824 bits per heavy atom. The second kappa shape index (κ2) is 9.69. The minimum atomic E-state index is -0.0475. The van der Waals surface area contributed by atoms with Crippen molar-refractivity contribution in [1.29, 1.82) is 0 Å². The van der Waals surface area contributed by atoms with E-state index in [-0.39, 0.29) is 23.9 Å². The number of carbonyl (C=O) groups is 1. The molecule has 174 valence electrons. The predicted molar refractivity (Wildman–Crippen MR) is 138 cm³/mol. The maximum atomic E-state index is 13.0. The van der Waals surface area contributed by atoms with Crippen molar-refractivity contribution >= 4 is 33.4 Å². The van der Waals surface area contributed by atoms with Gasteiger partial charge >= 0.3 is 0 Å². The molecule has 1 aromatic heterocycles. The molecule has 1 aliphatic heterocycles. The number of anilines is 1. The molecule has 1 N–H and O–H groups in total. The number of amides is 1. The molecule has 2 heterocycles. The maximum absolute atomic E-state index is 13.0. The van der Waals surface area contributed by atoms with E-state index < -0.39 is 0 Å². The van der Waals surface area contributed by atoms with Crippen LogP contribution in [-0.2, 0) is 11.3 Å². The van der Waals surface area contributed by atoms with Crippen molar-refractivity contribution in [3.05, 3.63) is 89.1 Å². The highest BCUT2D eigenvalue weighted by Crippen LogP contribution is 2.19. The molecule has 0 spiro atoms. The zero-order valence-electron chi connectivity index (χ0n) is 19.5. The summed E-state index contributed by atoms with van der Waals surface area (Å²) in [6.45, 7) is 6.86. The molecule has 1 aliphatic rings. The molecular formula is C28H30N4O2. The molecule has 0 aliphatic carbocycles. The summed E-state index contributed by atoms with van der Waals surface area (Å²) >= 11 is 0. The number of para-hydroxylation sites is 3. The molecule has 0 bridgehead atoms. The van der Waals surface area contributed by atoms with Crippen LogP contribution in [0, 0.1) is 0 Å². The van der Waals surface area contributed by atoms with Gasteiger partial charge in [-0.05, 0) is 43.3 Å². The Kier molecular flexibility index (Phi) is 6.32. The van der Waals surface area contributed by atoms with Crippen LogP contribution in [0.25, 0.3) is 21.8 Å². The second-order valence-corrected chi connectivity index (χ2v) is 8.96. The molecule has 1 atom stereocenters. The van der Waals surface area contributed by atoms with Crippen LogP contribution in [0.5, 0.6) is 0 Å². The van der Waals surface area contributed by atoms with Crippen LogP contribution in [0.4, 0.5) is 5.69 Å². The van der Waals surface area contributed by atoms with Gasteiger partial charge in [0.25, 0.3) is 0 Å². The Morgan fingerprint density at radius 2 is 1.38 bits per heavy atom. The van der Waals surface area contributed by atoms with Gasteiger partial charge < -0.3 is 14.8 Å². The second-order valence-electron chi connectivity index (χ2n) is 8.96. The Balaban J connectivity index is 1.24. The first-order valence-electron chi connectivity index (χ1n) is 11.9. The Bertz CT molecular complexity index is 1300. The monoisotopic (exact) mass is 454 g/mol. The Labute approximate surface area is 199 Å². The number of rotatable bonds is 6. The lowest BCUT2D eigenvalue weighted by Gasteiger charge is -2.39. The van der Waals surface area contributed by atoms with Crippen molar-refractivity contribution in [2.24, 2.45) is 0 Å². The molecule has 1 fully saturated rings. The summed E-state index contributed by atoms with van der Waals surface area (Å²) in [5.74, 6) is -0.0475. The van der Waals surface area contributed by atoms with E-state index in [2.05, 4.69) is 46.3 Å². The van der Waals surface area contributed by atoms with Crippen LogP contribution in [0.1, 0.15) is 6.92 Å². The zero-order chi connectivity index (χ0) is 23.5. The molecule has 1 saturated heterocycles. The molecular weight excluding hydrogens is 424 g/mol.